The summed E-state index contributed by atoms with van der Waals surface area (Å²) in [6.07, 6.45) is 0. The smallest absolute Gasteiger partial charge is 0.193 e. The standard InChI is InChI=1S/C13H6BrClF2O/c14-11-5-7(1-2-12(11)15)13(18)8-3-9(16)6-10(17)4-8/h1-6H. The van der Waals surface area contributed by atoms with Gasteiger partial charge < -0.3 is 0 Å². The van der Waals surface area contributed by atoms with Gasteiger partial charge >= 0.3 is 0 Å². The maximum absolute atomic E-state index is 13.0. The second-order valence-corrected chi connectivity index (χ2v) is 4.88. The van der Waals surface area contributed by atoms with E-state index in [4.69, 9.17) is 11.6 Å². The molecule has 5 heteroatoms. The van der Waals surface area contributed by atoms with E-state index in [1.165, 1.54) is 18.2 Å². The van der Waals surface area contributed by atoms with Crippen molar-refractivity contribution in [3.63, 3.8) is 0 Å². The molecule has 0 heterocycles. The molecule has 18 heavy (non-hydrogen) atoms. The van der Waals surface area contributed by atoms with Crippen LogP contribution in [-0.4, -0.2) is 5.78 Å². The topological polar surface area (TPSA) is 17.1 Å². The Morgan fingerprint density at radius 3 is 2.17 bits per heavy atom. The molecule has 92 valence electrons. The third kappa shape index (κ3) is 2.76. The first-order chi connectivity index (χ1) is 8.47. The third-order valence-electron chi connectivity index (χ3n) is 2.31. The zero-order valence-electron chi connectivity index (χ0n) is 8.88. The van der Waals surface area contributed by atoms with Crippen LogP contribution in [0.1, 0.15) is 15.9 Å². The van der Waals surface area contributed by atoms with Crippen LogP contribution in [0.4, 0.5) is 8.78 Å². The molecule has 0 aromatic heterocycles. The summed E-state index contributed by atoms with van der Waals surface area (Å²) in [7, 11) is 0. The summed E-state index contributed by atoms with van der Waals surface area (Å²) in [5, 5.41) is 0.456. The van der Waals surface area contributed by atoms with E-state index in [-0.39, 0.29) is 5.56 Å². The van der Waals surface area contributed by atoms with Gasteiger partial charge in [0, 0.05) is 21.7 Å². The van der Waals surface area contributed by atoms with Crippen molar-refractivity contribution in [1.29, 1.82) is 0 Å². The predicted molar refractivity (Wildman–Crippen MR) is 68.9 cm³/mol. The van der Waals surface area contributed by atoms with E-state index < -0.39 is 17.4 Å². The van der Waals surface area contributed by atoms with Crippen LogP contribution >= 0.6 is 27.5 Å². The van der Waals surface area contributed by atoms with Gasteiger partial charge in [-0.15, -0.1) is 0 Å². The molecule has 0 fully saturated rings. The van der Waals surface area contributed by atoms with Crippen LogP contribution in [0.15, 0.2) is 40.9 Å². The van der Waals surface area contributed by atoms with Crippen LogP contribution in [0.25, 0.3) is 0 Å². The molecule has 2 aromatic rings. The van der Waals surface area contributed by atoms with Crippen LogP contribution in [0.5, 0.6) is 0 Å². The second-order valence-electron chi connectivity index (χ2n) is 3.62. The Hall–Kier alpha value is -1.26. The lowest BCUT2D eigenvalue weighted by Gasteiger charge is -2.03. The normalized spacial score (nSPS) is 10.4. The van der Waals surface area contributed by atoms with Crippen molar-refractivity contribution >= 4 is 33.3 Å². The molecule has 0 radical (unpaired) electrons. The highest BCUT2D eigenvalue weighted by Crippen LogP contribution is 2.24. The highest BCUT2D eigenvalue weighted by molar-refractivity contribution is 9.10. The Morgan fingerprint density at radius 2 is 1.61 bits per heavy atom. The van der Waals surface area contributed by atoms with Gasteiger partial charge in [0.1, 0.15) is 11.6 Å². The minimum Gasteiger partial charge on any atom is -0.289 e. The van der Waals surface area contributed by atoms with Crippen molar-refractivity contribution in [2.24, 2.45) is 0 Å². The first kappa shape index (κ1) is 13.2. The van der Waals surface area contributed by atoms with E-state index in [2.05, 4.69) is 15.9 Å². The van der Waals surface area contributed by atoms with Gasteiger partial charge in [-0.05, 0) is 46.3 Å². The molecule has 0 aliphatic carbocycles. The Balaban J connectivity index is 2.44. The number of ketones is 1. The lowest BCUT2D eigenvalue weighted by Crippen LogP contribution is -2.02. The fourth-order valence-corrected chi connectivity index (χ4v) is 1.99. The summed E-state index contributed by atoms with van der Waals surface area (Å²) in [6.45, 7) is 0. The Bertz CT molecular complexity index is 608. The summed E-state index contributed by atoms with van der Waals surface area (Å²) in [5.41, 5.74) is 0.262. The van der Waals surface area contributed by atoms with E-state index in [1.54, 1.807) is 0 Å². The molecule has 1 nitrogen and oxygen atoms in total. The fourth-order valence-electron chi connectivity index (χ4n) is 1.49. The minimum absolute atomic E-state index is 0.0401. The van der Waals surface area contributed by atoms with Crippen LogP contribution in [-0.2, 0) is 0 Å². The van der Waals surface area contributed by atoms with Gasteiger partial charge in [0.25, 0.3) is 0 Å². The van der Waals surface area contributed by atoms with E-state index in [1.807, 2.05) is 0 Å². The maximum Gasteiger partial charge on any atom is 0.193 e. The molecule has 2 aromatic carbocycles. The molecular weight excluding hydrogens is 325 g/mol. The molecule has 0 spiro atoms. The van der Waals surface area contributed by atoms with Gasteiger partial charge in [-0.25, -0.2) is 8.78 Å². The summed E-state index contributed by atoms with van der Waals surface area (Å²) in [6, 6.07) is 7.25. The Kier molecular flexibility index (Phi) is 3.78. The fraction of sp³-hybridized carbons (Fsp3) is 0. The quantitative estimate of drug-likeness (QED) is 0.734. The van der Waals surface area contributed by atoms with Gasteiger partial charge in [0.05, 0.1) is 5.02 Å². The van der Waals surface area contributed by atoms with E-state index in [0.717, 1.165) is 12.1 Å². The first-order valence-corrected chi connectivity index (χ1v) is 6.10. The van der Waals surface area contributed by atoms with Crippen LogP contribution in [0.3, 0.4) is 0 Å². The van der Waals surface area contributed by atoms with Crippen molar-refractivity contribution in [1.82, 2.24) is 0 Å². The van der Waals surface area contributed by atoms with Crippen LogP contribution in [0, 0.1) is 11.6 Å². The molecule has 0 saturated heterocycles. The number of halogens is 4. The first-order valence-electron chi connectivity index (χ1n) is 4.93. The largest absolute Gasteiger partial charge is 0.289 e. The number of carbonyl (C=O) groups is 1. The van der Waals surface area contributed by atoms with Crippen molar-refractivity contribution in [3.8, 4) is 0 Å². The number of carbonyl (C=O) groups excluding carboxylic acids is 1. The SMILES string of the molecule is O=C(c1cc(F)cc(F)c1)c1ccc(Cl)c(Br)c1. The zero-order valence-corrected chi connectivity index (χ0v) is 11.2. The summed E-state index contributed by atoms with van der Waals surface area (Å²) >= 11 is 8.99. The van der Waals surface area contributed by atoms with Crippen LogP contribution < -0.4 is 0 Å². The Labute approximate surface area is 116 Å². The predicted octanol–water partition coefficient (Wildman–Crippen LogP) is 4.61. The molecule has 0 aliphatic heterocycles. The molecule has 0 saturated carbocycles. The molecule has 0 bridgehead atoms. The molecule has 0 aliphatic rings. The average Bonchev–Trinajstić information content (AvgIpc) is 2.30. The molecule has 0 amide bonds. The number of hydrogen-bond acceptors (Lipinski definition) is 1. The number of rotatable bonds is 2. The molecule has 2 rings (SSSR count). The monoisotopic (exact) mass is 330 g/mol. The lowest BCUT2D eigenvalue weighted by atomic mass is 10.0. The molecular formula is C13H6BrClF2O. The van der Waals surface area contributed by atoms with Gasteiger partial charge in [-0.1, -0.05) is 11.6 Å². The van der Waals surface area contributed by atoms with Crippen molar-refractivity contribution in [3.05, 3.63) is 68.7 Å². The van der Waals surface area contributed by atoms with E-state index in [0.29, 0.717) is 21.1 Å². The van der Waals surface area contributed by atoms with Crippen molar-refractivity contribution in [2.75, 3.05) is 0 Å². The van der Waals surface area contributed by atoms with Crippen molar-refractivity contribution < 1.29 is 13.6 Å². The summed E-state index contributed by atoms with van der Waals surface area (Å²) in [5.74, 6) is -2.04. The molecule has 0 N–H and O–H groups in total. The van der Waals surface area contributed by atoms with E-state index >= 15 is 0 Å². The third-order valence-corrected chi connectivity index (χ3v) is 3.52. The highest BCUT2D eigenvalue weighted by Gasteiger charge is 2.13. The summed E-state index contributed by atoms with van der Waals surface area (Å²) in [4.78, 5) is 12.0. The second kappa shape index (κ2) is 5.16. The van der Waals surface area contributed by atoms with Crippen LogP contribution in [0.2, 0.25) is 5.02 Å². The maximum atomic E-state index is 13.0. The zero-order chi connectivity index (χ0) is 13.3. The summed E-state index contributed by atoms with van der Waals surface area (Å²) < 4.78 is 26.6. The average molecular weight is 332 g/mol. The highest BCUT2D eigenvalue weighted by atomic mass is 79.9. The van der Waals surface area contributed by atoms with Gasteiger partial charge in [-0.3, -0.25) is 4.79 Å². The van der Waals surface area contributed by atoms with Gasteiger partial charge in [0.15, 0.2) is 5.78 Å². The lowest BCUT2D eigenvalue weighted by molar-refractivity contribution is 0.103. The van der Waals surface area contributed by atoms with E-state index in [9.17, 15) is 13.6 Å². The Morgan fingerprint density at radius 1 is 1.00 bits per heavy atom. The number of hydrogen-bond donors (Lipinski definition) is 0. The van der Waals surface area contributed by atoms with Crippen molar-refractivity contribution in [2.45, 2.75) is 0 Å². The molecule has 0 atom stereocenters. The van der Waals surface area contributed by atoms with Gasteiger partial charge in [0.2, 0.25) is 0 Å². The number of benzene rings is 2. The minimum atomic E-state index is -0.786. The van der Waals surface area contributed by atoms with Gasteiger partial charge in [-0.2, -0.15) is 0 Å². The molecule has 0 unspecified atom stereocenters.